The molecule has 4 heteroatoms. The maximum Gasteiger partial charge on any atom is 0.119 e. The molecule has 1 aromatic heterocycles. The first-order chi connectivity index (χ1) is 10.4. The van der Waals surface area contributed by atoms with Crippen LogP contribution in [-0.2, 0) is 6.54 Å². The summed E-state index contributed by atoms with van der Waals surface area (Å²) in [7, 11) is 1.68. The first kappa shape index (κ1) is 16.2. The summed E-state index contributed by atoms with van der Waals surface area (Å²) in [6.07, 6.45) is 3.25. The van der Waals surface area contributed by atoms with Gasteiger partial charge in [-0.2, -0.15) is 0 Å². The molecule has 2 aromatic carbocycles. The number of nitrogens with zero attached hydrogens (tertiary/aromatic N) is 1. The summed E-state index contributed by atoms with van der Waals surface area (Å²) in [5, 5.41) is 4.74. The van der Waals surface area contributed by atoms with Crippen molar-refractivity contribution in [2.75, 3.05) is 19.0 Å². The van der Waals surface area contributed by atoms with Crippen LogP contribution < -0.4 is 10.1 Å². The van der Waals surface area contributed by atoms with Crippen LogP contribution in [0.15, 0.2) is 60.8 Å². The molecule has 0 spiro atoms. The molecule has 3 nitrogen and oxygen atoms in total. The average Bonchev–Trinajstić information content (AvgIpc) is 2.95. The zero-order valence-electron chi connectivity index (χ0n) is 12.7. The maximum atomic E-state index is 5.15. The van der Waals surface area contributed by atoms with Crippen molar-refractivity contribution < 1.29 is 4.74 Å². The van der Waals surface area contributed by atoms with Crippen molar-refractivity contribution in [2.24, 2.45) is 0 Å². The number of halogens is 1. The molecule has 0 unspecified atom stereocenters. The van der Waals surface area contributed by atoms with Gasteiger partial charge >= 0.3 is 0 Å². The van der Waals surface area contributed by atoms with E-state index in [1.807, 2.05) is 24.3 Å². The molecule has 0 fully saturated rings. The second kappa shape index (κ2) is 7.76. The van der Waals surface area contributed by atoms with Gasteiger partial charge < -0.3 is 14.6 Å². The fourth-order valence-corrected chi connectivity index (χ4v) is 2.53. The van der Waals surface area contributed by atoms with Gasteiger partial charge in [0.05, 0.1) is 7.11 Å². The Morgan fingerprint density at radius 3 is 2.55 bits per heavy atom. The number of benzene rings is 2. The molecule has 0 radical (unpaired) electrons. The maximum absolute atomic E-state index is 5.15. The minimum Gasteiger partial charge on any atom is -0.497 e. The molecule has 0 aliphatic rings. The number of anilines is 1. The Kier molecular flexibility index (Phi) is 5.73. The van der Waals surface area contributed by atoms with E-state index in [4.69, 9.17) is 4.74 Å². The lowest BCUT2D eigenvalue weighted by molar-refractivity contribution is 0.415. The Labute approximate surface area is 137 Å². The van der Waals surface area contributed by atoms with Crippen molar-refractivity contribution in [3.63, 3.8) is 0 Å². The number of rotatable bonds is 6. The van der Waals surface area contributed by atoms with Crippen molar-refractivity contribution >= 4 is 29.0 Å². The van der Waals surface area contributed by atoms with Crippen LogP contribution in [0.25, 0.3) is 10.9 Å². The lowest BCUT2D eigenvalue weighted by Gasteiger charge is -2.09. The summed E-state index contributed by atoms with van der Waals surface area (Å²) >= 11 is 0. The van der Waals surface area contributed by atoms with Gasteiger partial charge in [0.2, 0.25) is 0 Å². The highest BCUT2D eigenvalue weighted by molar-refractivity contribution is 5.85. The molecular weight excluding hydrogens is 296 g/mol. The largest absolute Gasteiger partial charge is 0.497 e. The highest BCUT2D eigenvalue weighted by atomic mass is 35.5. The summed E-state index contributed by atoms with van der Waals surface area (Å²) in [6.45, 7) is 1.98. The molecule has 0 atom stereocenters. The number of methoxy groups -OCH3 is 1. The summed E-state index contributed by atoms with van der Waals surface area (Å²) < 4.78 is 7.46. The Morgan fingerprint density at radius 2 is 1.77 bits per heavy atom. The first-order valence-electron chi connectivity index (χ1n) is 7.28. The predicted octanol–water partition coefficient (Wildman–Crippen LogP) is 4.57. The van der Waals surface area contributed by atoms with Crippen molar-refractivity contribution in [3.8, 4) is 5.75 Å². The lowest BCUT2D eigenvalue weighted by Crippen LogP contribution is -2.06. The number of fused-ring (bicyclic) bond motifs is 1. The van der Waals surface area contributed by atoms with E-state index >= 15 is 0 Å². The molecule has 0 aliphatic heterocycles. The molecule has 22 heavy (non-hydrogen) atoms. The molecule has 3 aromatic rings. The number of para-hydroxylation sites is 1. The fourth-order valence-electron chi connectivity index (χ4n) is 2.53. The zero-order chi connectivity index (χ0) is 14.5. The summed E-state index contributed by atoms with van der Waals surface area (Å²) in [5.74, 6) is 0.888. The third-order valence-corrected chi connectivity index (χ3v) is 3.68. The molecule has 0 amide bonds. The van der Waals surface area contributed by atoms with Crippen LogP contribution >= 0.6 is 12.4 Å². The van der Waals surface area contributed by atoms with E-state index in [1.54, 1.807) is 7.11 Å². The zero-order valence-corrected chi connectivity index (χ0v) is 13.5. The fraction of sp³-hybridized carbons (Fsp3) is 0.222. The molecule has 0 aliphatic carbocycles. The van der Waals surface area contributed by atoms with Crippen molar-refractivity contribution in [2.45, 2.75) is 13.0 Å². The smallest absolute Gasteiger partial charge is 0.119 e. The van der Waals surface area contributed by atoms with Crippen molar-refractivity contribution in [1.82, 2.24) is 4.57 Å². The van der Waals surface area contributed by atoms with Gasteiger partial charge in [0.25, 0.3) is 0 Å². The van der Waals surface area contributed by atoms with E-state index in [1.165, 1.54) is 10.9 Å². The summed E-state index contributed by atoms with van der Waals surface area (Å²) in [4.78, 5) is 0. The third-order valence-electron chi connectivity index (χ3n) is 3.68. The van der Waals surface area contributed by atoms with Crippen LogP contribution in [0.4, 0.5) is 5.69 Å². The van der Waals surface area contributed by atoms with Crippen LogP contribution in [0.5, 0.6) is 5.75 Å². The predicted molar refractivity (Wildman–Crippen MR) is 95.3 cm³/mol. The molecule has 1 heterocycles. The monoisotopic (exact) mass is 316 g/mol. The molecule has 1 N–H and O–H groups in total. The van der Waals surface area contributed by atoms with E-state index < -0.39 is 0 Å². The van der Waals surface area contributed by atoms with Crippen LogP contribution in [0.1, 0.15) is 6.42 Å². The van der Waals surface area contributed by atoms with Gasteiger partial charge in [0.15, 0.2) is 0 Å². The normalized spacial score (nSPS) is 10.2. The van der Waals surface area contributed by atoms with E-state index in [2.05, 4.69) is 46.4 Å². The quantitative estimate of drug-likeness (QED) is 0.674. The second-order valence-corrected chi connectivity index (χ2v) is 5.08. The third kappa shape index (κ3) is 3.74. The van der Waals surface area contributed by atoms with Crippen LogP contribution in [0.3, 0.4) is 0 Å². The molecule has 0 saturated carbocycles. The SMILES string of the molecule is COc1ccc(NCCCn2ccc3ccccc32)cc1.Cl. The van der Waals surface area contributed by atoms with Gasteiger partial charge in [-0.25, -0.2) is 0 Å². The van der Waals surface area contributed by atoms with Crippen molar-refractivity contribution in [1.29, 1.82) is 0 Å². The molecular formula is C18H21ClN2O. The minimum absolute atomic E-state index is 0. The number of nitrogens with one attached hydrogen (secondary N) is 1. The van der Waals surface area contributed by atoms with Gasteiger partial charge in [0, 0.05) is 30.5 Å². The Bertz CT molecular complexity index is 706. The summed E-state index contributed by atoms with van der Waals surface area (Å²) in [6, 6.07) is 18.7. The average molecular weight is 317 g/mol. The van der Waals surface area contributed by atoms with Gasteiger partial charge in [-0.1, -0.05) is 18.2 Å². The van der Waals surface area contributed by atoms with Gasteiger partial charge in [0.1, 0.15) is 5.75 Å². The topological polar surface area (TPSA) is 26.2 Å². The highest BCUT2D eigenvalue weighted by Crippen LogP contribution is 2.16. The Morgan fingerprint density at radius 1 is 1.00 bits per heavy atom. The first-order valence-corrected chi connectivity index (χ1v) is 7.28. The number of aryl methyl sites for hydroxylation is 1. The molecule has 0 bridgehead atoms. The van der Waals surface area contributed by atoms with E-state index in [9.17, 15) is 0 Å². The van der Waals surface area contributed by atoms with Crippen molar-refractivity contribution in [3.05, 3.63) is 60.8 Å². The van der Waals surface area contributed by atoms with E-state index in [-0.39, 0.29) is 12.4 Å². The number of aromatic nitrogens is 1. The van der Waals surface area contributed by atoms with Gasteiger partial charge in [-0.3, -0.25) is 0 Å². The standard InChI is InChI=1S/C18H20N2O.ClH/c1-21-17-9-7-16(8-10-17)19-12-4-13-20-14-11-15-5-2-3-6-18(15)20;/h2-3,5-11,14,19H,4,12-13H2,1H3;1H. The van der Waals surface area contributed by atoms with Gasteiger partial charge in [-0.15, -0.1) is 12.4 Å². The van der Waals surface area contributed by atoms with Crippen LogP contribution in [0, 0.1) is 0 Å². The highest BCUT2D eigenvalue weighted by Gasteiger charge is 1.99. The Balaban J connectivity index is 0.00000176. The Hall–Kier alpha value is -2.13. The summed E-state index contributed by atoms with van der Waals surface area (Å²) in [5.41, 5.74) is 2.44. The lowest BCUT2D eigenvalue weighted by atomic mass is 10.2. The van der Waals surface area contributed by atoms with Crippen LogP contribution in [-0.4, -0.2) is 18.2 Å². The van der Waals surface area contributed by atoms with E-state index in [0.29, 0.717) is 0 Å². The molecule has 116 valence electrons. The molecule has 0 saturated heterocycles. The van der Waals surface area contributed by atoms with Crippen LogP contribution in [0.2, 0.25) is 0 Å². The number of hydrogen-bond donors (Lipinski definition) is 1. The molecule has 3 rings (SSSR count). The number of hydrogen-bond acceptors (Lipinski definition) is 2. The minimum atomic E-state index is 0. The number of ether oxygens (including phenoxy) is 1. The second-order valence-electron chi connectivity index (χ2n) is 5.08. The van der Waals surface area contributed by atoms with Gasteiger partial charge in [-0.05, 0) is 48.2 Å². The van der Waals surface area contributed by atoms with E-state index in [0.717, 1.165) is 30.9 Å².